The maximum atomic E-state index is 5.38. The number of hydrogen-bond acceptors (Lipinski definition) is 3. The Labute approximate surface area is 116 Å². The van der Waals surface area contributed by atoms with Crippen LogP contribution in [0, 0.1) is 0 Å². The zero-order valence-electron chi connectivity index (χ0n) is 11.7. The zero-order valence-corrected chi connectivity index (χ0v) is 12.5. The summed E-state index contributed by atoms with van der Waals surface area (Å²) in [6, 6.07) is 0. The highest BCUT2D eigenvalue weighted by molar-refractivity contribution is 7.80. The Hall–Kier alpha value is -0.650. The second-order valence-electron chi connectivity index (χ2n) is 5.41. The summed E-state index contributed by atoms with van der Waals surface area (Å²) in [4.78, 5) is 2.44. The summed E-state index contributed by atoms with van der Waals surface area (Å²) in [7, 11) is 0. The SMILES string of the molecule is C=C(C)CNC(=S)NCC(C)(C)N1CCOCC1. The zero-order chi connectivity index (χ0) is 13.6. The van der Waals surface area contributed by atoms with E-state index in [1.807, 2.05) is 6.92 Å². The lowest BCUT2D eigenvalue weighted by Crippen LogP contribution is -2.56. The first kappa shape index (κ1) is 15.4. The quantitative estimate of drug-likeness (QED) is 0.579. The number of ether oxygens (including phenoxy) is 1. The summed E-state index contributed by atoms with van der Waals surface area (Å²) < 4.78 is 5.38. The van der Waals surface area contributed by atoms with Crippen molar-refractivity contribution in [3.05, 3.63) is 12.2 Å². The number of morpholine rings is 1. The van der Waals surface area contributed by atoms with E-state index in [9.17, 15) is 0 Å². The van der Waals surface area contributed by atoms with Crippen LogP contribution in [0.1, 0.15) is 20.8 Å². The van der Waals surface area contributed by atoms with E-state index >= 15 is 0 Å². The van der Waals surface area contributed by atoms with Crippen LogP contribution in [-0.4, -0.2) is 54.9 Å². The van der Waals surface area contributed by atoms with E-state index in [0.717, 1.165) is 45.0 Å². The fourth-order valence-electron chi connectivity index (χ4n) is 1.87. The summed E-state index contributed by atoms with van der Waals surface area (Å²) >= 11 is 5.24. The van der Waals surface area contributed by atoms with Gasteiger partial charge in [0.05, 0.1) is 13.2 Å². The molecule has 4 nitrogen and oxygen atoms in total. The van der Waals surface area contributed by atoms with Gasteiger partial charge in [0, 0.05) is 31.7 Å². The van der Waals surface area contributed by atoms with Gasteiger partial charge in [-0.25, -0.2) is 0 Å². The Morgan fingerprint density at radius 3 is 2.50 bits per heavy atom. The van der Waals surface area contributed by atoms with Gasteiger partial charge in [0.1, 0.15) is 0 Å². The van der Waals surface area contributed by atoms with Crippen LogP contribution in [0.4, 0.5) is 0 Å². The summed E-state index contributed by atoms with van der Waals surface area (Å²) in [5.74, 6) is 0. The van der Waals surface area contributed by atoms with Gasteiger partial charge < -0.3 is 15.4 Å². The lowest BCUT2D eigenvalue weighted by Gasteiger charge is -2.41. The fraction of sp³-hybridized carbons (Fsp3) is 0.769. The molecular formula is C13H25N3OS. The molecule has 0 aromatic rings. The van der Waals surface area contributed by atoms with Gasteiger partial charge in [-0.2, -0.15) is 0 Å². The molecular weight excluding hydrogens is 246 g/mol. The largest absolute Gasteiger partial charge is 0.379 e. The number of nitrogens with zero attached hydrogens (tertiary/aromatic N) is 1. The molecule has 0 radical (unpaired) electrons. The molecule has 0 aromatic heterocycles. The van der Waals surface area contributed by atoms with Crippen LogP contribution in [-0.2, 0) is 4.74 Å². The number of nitrogens with one attached hydrogen (secondary N) is 2. The molecule has 1 saturated heterocycles. The third-order valence-electron chi connectivity index (χ3n) is 3.10. The topological polar surface area (TPSA) is 36.5 Å². The van der Waals surface area contributed by atoms with Gasteiger partial charge in [-0.1, -0.05) is 12.2 Å². The Balaban J connectivity index is 2.31. The van der Waals surface area contributed by atoms with Crippen LogP contribution in [0.3, 0.4) is 0 Å². The molecule has 1 heterocycles. The van der Waals surface area contributed by atoms with Gasteiger partial charge >= 0.3 is 0 Å². The molecule has 0 atom stereocenters. The molecule has 0 saturated carbocycles. The van der Waals surface area contributed by atoms with Crippen LogP contribution in [0.5, 0.6) is 0 Å². The van der Waals surface area contributed by atoms with Crippen LogP contribution in [0.2, 0.25) is 0 Å². The highest BCUT2D eigenvalue weighted by Gasteiger charge is 2.28. The van der Waals surface area contributed by atoms with E-state index in [2.05, 4.69) is 36.0 Å². The monoisotopic (exact) mass is 271 g/mol. The molecule has 18 heavy (non-hydrogen) atoms. The normalized spacial score (nSPS) is 17.3. The highest BCUT2D eigenvalue weighted by atomic mass is 32.1. The molecule has 1 rings (SSSR count). The molecule has 0 spiro atoms. The van der Waals surface area contributed by atoms with Gasteiger partial charge in [-0.3, -0.25) is 4.90 Å². The first-order chi connectivity index (χ1) is 8.42. The van der Waals surface area contributed by atoms with E-state index < -0.39 is 0 Å². The van der Waals surface area contributed by atoms with Crippen molar-refractivity contribution in [2.45, 2.75) is 26.3 Å². The molecule has 5 heteroatoms. The van der Waals surface area contributed by atoms with Gasteiger partial charge in [-0.15, -0.1) is 0 Å². The molecule has 1 aliphatic rings. The maximum Gasteiger partial charge on any atom is 0.166 e. The molecule has 104 valence electrons. The van der Waals surface area contributed by atoms with Gasteiger partial charge in [0.2, 0.25) is 0 Å². The Kier molecular flexibility index (Phi) is 6.05. The van der Waals surface area contributed by atoms with Crippen LogP contribution < -0.4 is 10.6 Å². The van der Waals surface area contributed by atoms with Gasteiger partial charge in [0.15, 0.2) is 5.11 Å². The molecule has 2 N–H and O–H groups in total. The standard InChI is InChI=1S/C13H25N3OS/c1-11(2)9-14-12(18)15-10-13(3,4)16-5-7-17-8-6-16/h1,5-10H2,2-4H3,(H2,14,15,18). The highest BCUT2D eigenvalue weighted by Crippen LogP contribution is 2.14. The van der Waals surface area contributed by atoms with E-state index in [-0.39, 0.29) is 5.54 Å². The minimum Gasteiger partial charge on any atom is -0.379 e. The van der Waals surface area contributed by atoms with Crippen molar-refractivity contribution >= 4 is 17.3 Å². The van der Waals surface area contributed by atoms with E-state index in [4.69, 9.17) is 17.0 Å². The minimum atomic E-state index is 0.0821. The molecule has 0 amide bonds. The fourth-order valence-corrected chi connectivity index (χ4v) is 2.02. The van der Waals surface area contributed by atoms with E-state index in [0.29, 0.717) is 5.11 Å². The Morgan fingerprint density at radius 2 is 1.94 bits per heavy atom. The lowest BCUT2D eigenvalue weighted by atomic mass is 10.0. The van der Waals surface area contributed by atoms with E-state index in [1.54, 1.807) is 0 Å². The molecule has 0 aliphatic carbocycles. The first-order valence-corrected chi connectivity index (χ1v) is 6.81. The van der Waals surface area contributed by atoms with Gasteiger partial charge in [0.25, 0.3) is 0 Å². The predicted molar refractivity (Wildman–Crippen MR) is 79.9 cm³/mol. The Morgan fingerprint density at radius 1 is 1.33 bits per heavy atom. The van der Waals surface area contributed by atoms with E-state index in [1.165, 1.54) is 0 Å². The summed E-state index contributed by atoms with van der Waals surface area (Å²) in [5.41, 5.74) is 1.16. The molecule has 1 aliphatic heterocycles. The third kappa shape index (κ3) is 5.33. The van der Waals surface area contributed by atoms with Crippen molar-refractivity contribution in [2.75, 3.05) is 39.4 Å². The van der Waals surface area contributed by atoms with Crippen molar-refractivity contribution in [1.29, 1.82) is 0 Å². The van der Waals surface area contributed by atoms with Gasteiger partial charge in [-0.05, 0) is 33.0 Å². The smallest absolute Gasteiger partial charge is 0.166 e. The predicted octanol–water partition coefficient (Wildman–Crippen LogP) is 1.14. The van der Waals surface area contributed by atoms with Crippen molar-refractivity contribution in [1.82, 2.24) is 15.5 Å². The van der Waals surface area contributed by atoms with Crippen molar-refractivity contribution in [3.63, 3.8) is 0 Å². The average molecular weight is 271 g/mol. The second kappa shape index (κ2) is 7.07. The maximum absolute atomic E-state index is 5.38. The summed E-state index contributed by atoms with van der Waals surface area (Å²) in [6.07, 6.45) is 0. The van der Waals surface area contributed by atoms with Crippen molar-refractivity contribution in [3.8, 4) is 0 Å². The minimum absolute atomic E-state index is 0.0821. The average Bonchev–Trinajstić information content (AvgIpc) is 2.35. The lowest BCUT2D eigenvalue weighted by molar-refractivity contribution is -0.00828. The Bertz CT molecular complexity index is 299. The molecule has 0 bridgehead atoms. The van der Waals surface area contributed by atoms with Crippen molar-refractivity contribution in [2.24, 2.45) is 0 Å². The van der Waals surface area contributed by atoms with Crippen LogP contribution in [0.25, 0.3) is 0 Å². The van der Waals surface area contributed by atoms with Crippen LogP contribution >= 0.6 is 12.2 Å². The molecule has 0 aromatic carbocycles. The first-order valence-electron chi connectivity index (χ1n) is 6.41. The number of hydrogen-bond donors (Lipinski definition) is 2. The summed E-state index contributed by atoms with van der Waals surface area (Å²) in [6.45, 7) is 15.4. The van der Waals surface area contributed by atoms with Crippen LogP contribution in [0.15, 0.2) is 12.2 Å². The molecule has 0 unspecified atom stereocenters. The second-order valence-corrected chi connectivity index (χ2v) is 5.81. The number of thiocarbonyl (C=S) groups is 1. The third-order valence-corrected chi connectivity index (χ3v) is 3.39. The molecule has 1 fully saturated rings. The summed E-state index contributed by atoms with van der Waals surface area (Å²) in [5, 5.41) is 7.10. The van der Waals surface area contributed by atoms with Crippen molar-refractivity contribution < 1.29 is 4.74 Å². The number of rotatable bonds is 5.